The van der Waals surface area contributed by atoms with Gasteiger partial charge >= 0.3 is 0 Å². The first-order valence-electron chi connectivity index (χ1n) is 7.29. The molecule has 1 saturated heterocycles. The summed E-state index contributed by atoms with van der Waals surface area (Å²) in [5.74, 6) is -0.0548. The van der Waals surface area contributed by atoms with Gasteiger partial charge in [-0.05, 0) is 25.7 Å². The van der Waals surface area contributed by atoms with Crippen molar-refractivity contribution in [1.29, 1.82) is 0 Å². The van der Waals surface area contributed by atoms with Crippen LogP contribution < -0.4 is 10.6 Å². The third-order valence-electron chi connectivity index (χ3n) is 3.62. The van der Waals surface area contributed by atoms with Crippen LogP contribution >= 0.6 is 0 Å². The van der Waals surface area contributed by atoms with Crippen LogP contribution in [0.25, 0.3) is 0 Å². The summed E-state index contributed by atoms with van der Waals surface area (Å²) in [6.07, 6.45) is 1.99. The Labute approximate surface area is 119 Å². The quantitative estimate of drug-likeness (QED) is 0.673. The van der Waals surface area contributed by atoms with E-state index in [4.69, 9.17) is 0 Å². The molecule has 112 valence electrons. The Morgan fingerprint density at radius 3 is 2.50 bits per heavy atom. The lowest BCUT2D eigenvalue weighted by Crippen LogP contribution is -2.50. The van der Waals surface area contributed by atoms with Gasteiger partial charge in [-0.2, -0.15) is 0 Å². The summed E-state index contributed by atoms with van der Waals surface area (Å²) in [6.45, 7) is 6.36. The number of imide groups is 1. The van der Waals surface area contributed by atoms with Crippen molar-refractivity contribution in [1.82, 2.24) is 15.5 Å². The molecule has 6 heteroatoms. The highest BCUT2D eigenvalue weighted by atomic mass is 16.2. The summed E-state index contributed by atoms with van der Waals surface area (Å²) in [7, 11) is 0. The lowest BCUT2D eigenvalue weighted by Gasteiger charge is -2.19. The van der Waals surface area contributed by atoms with Crippen LogP contribution in [-0.2, 0) is 14.4 Å². The number of likely N-dealkylation sites (tertiary alicyclic amines) is 1. The third-order valence-corrected chi connectivity index (χ3v) is 3.62. The highest BCUT2D eigenvalue weighted by Crippen LogP contribution is 2.31. The zero-order valence-electron chi connectivity index (χ0n) is 12.3. The van der Waals surface area contributed by atoms with Crippen LogP contribution in [0.15, 0.2) is 0 Å². The van der Waals surface area contributed by atoms with Crippen LogP contribution in [0, 0.1) is 5.92 Å². The van der Waals surface area contributed by atoms with Gasteiger partial charge in [0.1, 0.15) is 0 Å². The molecule has 2 fully saturated rings. The van der Waals surface area contributed by atoms with Crippen molar-refractivity contribution in [3.05, 3.63) is 0 Å². The second-order valence-electron chi connectivity index (χ2n) is 6.12. The fourth-order valence-corrected chi connectivity index (χ4v) is 2.33. The molecule has 1 aliphatic carbocycles. The predicted octanol–water partition coefficient (Wildman–Crippen LogP) is 0.0266. The molecule has 0 aromatic rings. The maximum atomic E-state index is 12.1. The molecule has 2 N–H and O–H groups in total. The predicted molar refractivity (Wildman–Crippen MR) is 73.7 cm³/mol. The Morgan fingerprint density at radius 1 is 1.30 bits per heavy atom. The van der Waals surface area contributed by atoms with E-state index in [1.165, 1.54) is 4.90 Å². The van der Waals surface area contributed by atoms with Gasteiger partial charge in [-0.1, -0.05) is 13.8 Å². The SMILES string of the molecule is CC(C)CNC(=O)C(C)NC1CC(=O)N(C2CC2)C1=O. The van der Waals surface area contributed by atoms with Crippen molar-refractivity contribution in [2.75, 3.05) is 6.54 Å². The summed E-state index contributed by atoms with van der Waals surface area (Å²) in [6, 6.07) is -0.926. The first kappa shape index (κ1) is 15.0. The minimum absolute atomic E-state index is 0.104. The molecule has 1 aliphatic heterocycles. The number of carbonyl (C=O) groups is 3. The molecular weight excluding hydrogens is 258 g/mol. The van der Waals surface area contributed by atoms with E-state index in [2.05, 4.69) is 10.6 Å². The maximum absolute atomic E-state index is 12.1. The van der Waals surface area contributed by atoms with E-state index in [1.54, 1.807) is 6.92 Å². The van der Waals surface area contributed by atoms with Crippen molar-refractivity contribution < 1.29 is 14.4 Å². The van der Waals surface area contributed by atoms with Crippen LogP contribution in [-0.4, -0.2) is 47.3 Å². The van der Waals surface area contributed by atoms with Crippen LogP contribution in [0.2, 0.25) is 0 Å². The number of nitrogens with zero attached hydrogens (tertiary/aromatic N) is 1. The number of rotatable bonds is 6. The van der Waals surface area contributed by atoms with Gasteiger partial charge in [0.25, 0.3) is 0 Å². The van der Waals surface area contributed by atoms with Gasteiger partial charge in [0, 0.05) is 12.6 Å². The number of nitrogens with one attached hydrogen (secondary N) is 2. The molecule has 20 heavy (non-hydrogen) atoms. The maximum Gasteiger partial charge on any atom is 0.247 e. The molecule has 2 unspecified atom stereocenters. The highest BCUT2D eigenvalue weighted by Gasteiger charge is 2.46. The van der Waals surface area contributed by atoms with Crippen molar-refractivity contribution in [3.63, 3.8) is 0 Å². The lowest BCUT2D eigenvalue weighted by molar-refractivity contribution is -0.139. The minimum atomic E-state index is -0.553. The summed E-state index contributed by atoms with van der Waals surface area (Å²) >= 11 is 0. The molecular formula is C14H23N3O3. The van der Waals surface area contributed by atoms with E-state index < -0.39 is 12.1 Å². The summed E-state index contributed by atoms with van der Waals surface area (Å²) in [4.78, 5) is 37.2. The van der Waals surface area contributed by atoms with E-state index in [9.17, 15) is 14.4 Å². The molecule has 0 aromatic carbocycles. The van der Waals surface area contributed by atoms with E-state index in [0.717, 1.165) is 12.8 Å². The van der Waals surface area contributed by atoms with Gasteiger partial charge < -0.3 is 5.32 Å². The Kier molecular flexibility index (Phi) is 4.42. The number of amides is 3. The zero-order chi connectivity index (χ0) is 14.9. The number of carbonyl (C=O) groups excluding carboxylic acids is 3. The van der Waals surface area contributed by atoms with E-state index in [-0.39, 0.29) is 30.2 Å². The first-order valence-corrected chi connectivity index (χ1v) is 7.29. The second-order valence-corrected chi connectivity index (χ2v) is 6.12. The van der Waals surface area contributed by atoms with Crippen molar-refractivity contribution >= 4 is 17.7 Å². The fraction of sp³-hybridized carbons (Fsp3) is 0.786. The molecule has 6 nitrogen and oxygen atoms in total. The molecule has 1 heterocycles. The Morgan fingerprint density at radius 2 is 1.95 bits per heavy atom. The molecule has 0 radical (unpaired) electrons. The van der Waals surface area contributed by atoms with E-state index in [0.29, 0.717) is 12.5 Å². The standard InChI is InChI=1S/C14H23N3O3/c1-8(2)7-15-13(19)9(3)16-11-6-12(18)17(14(11)20)10-4-5-10/h8-11,16H,4-7H2,1-3H3,(H,15,19). The molecule has 2 rings (SSSR count). The van der Waals surface area contributed by atoms with Gasteiger partial charge in [0.05, 0.1) is 18.5 Å². The summed E-state index contributed by atoms with van der Waals surface area (Å²) in [5.41, 5.74) is 0. The van der Waals surface area contributed by atoms with E-state index in [1.807, 2.05) is 13.8 Å². The first-order chi connectivity index (χ1) is 9.40. The van der Waals surface area contributed by atoms with Gasteiger partial charge in [0.15, 0.2) is 0 Å². The Bertz CT molecular complexity index is 418. The average Bonchev–Trinajstić information content (AvgIpc) is 3.15. The van der Waals surface area contributed by atoms with Crippen LogP contribution in [0.4, 0.5) is 0 Å². The molecule has 0 bridgehead atoms. The molecule has 0 spiro atoms. The number of hydrogen-bond acceptors (Lipinski definition) is 4. The van der Waals surface area contributed by atoms with Crippen molar-refractivity contribution in [2.24, 2.45) is 5.92 Å². The normalized spacial score (nSPS) is 24.4. The van der Waals surface area contributed by atoms with Gasteiger partial charge in [-0.25, -0.2) is 0 Å². The van der Waals surface area contributed by atoms with Gasteiger partial charge in [-0.15, -0.1) is 0 Å². The monoisotopic (exact) mass is 281 g/mol. The van der Waals surface area contributed by atoms with Crippen LogP contribution in [0.1, 0.15) is 40.0 Å². The van der Waals surface area contributed by atoms with Crippen molar-refractivity contribution in [3.8, 4) is 0 Å². The highest BCUT2D eigenvalue weighted by molar-refractivity contribution is 6.06. The smallest absolute Gasteiger partial charge is 0.247 e. The van der Waals surface area contributed by atoms with Crippen LogP contribution in [0.5, 0.6) is 0 Å². The molecule has 2 atom stereocenters. The number of hydrogen-bond donors (Lipinski definition) is 2. The minimum Gasteiger partial charge on any atom is -0.354 e. The summed E-state index contributed by atoms with van der Waals surface area (Å²) in [5, 5.41) is 5.79. The van der Waals surface area contributed by atoms with Crippen LogP contribution in [0.3, 0.4) is 0 Å². The zero-order valence-corrected chi connectivity index (χ0v) is 12.3. The molecule has 0 aromatic heterocycles. The fourth-order valence-electron chi connectivity index (χ4n) is 2.33. The van der Waals surface area contributed by atoms with Gasteiger partial charge in [-0.3, -0.25) is 24.6 Å². The third kappa shape index (κ3) is 3.36. The largest absolute Gasteiger partial charge is 0.354 e. The van der Waals surface area contributed by atoms with Crippen molar-refractivity contribution in [2.45, 2.75) is 58.2 Å². The summed E-state index contributed by atoms with van der Waals surface area (Å²) < 4.78 is 0. The molecule has 2 aliphatic rings. The lowest BCUT2D eigenvalue weighted by atomic mass is 10.2. The molecule has 1 saturated carbocycles. The second kappa shape index (κ2) is 5.91. The van der Waals surface area contributed by atoms with Gasteiger partial charge in [0.2, 0.25) is 17.7 Å². The van der Waals surface area contributed by atoms with E-state index >= 15 is 0 Å². The topological polar surface area (TPSA) is 78.5 Å². The average molecular weight is 281 g/mol. The molecule has 3 amide bonds. The Hall–Kier alpha value is -1.43. The Balaban J connectivity index is 1.85.